The number of benzene rings is 1. The number of nitrogens with zero attached hydrogens (tertiary/aromatic N) is 4. The third-order valence-corrected chi connectivity index (χ3v) is 5.24. The number of nitrogens with one attached hydrogen (secondary N) is 1. The molecule has 4 rings (SSSR count). The number of carbonyl (C=O) groups excluding carboxylic acids is 1. The number of carbonyl (C=O) groups is 1. The molecule has 1 fully saturated rings. The van der Waals surface area contributed by atoms with Gasteiger partial charge in [-0.2, -0.15) is 4.98 Å². The monoisotopic (exact) mass is 355 g/mol. The lowest BCUT2D eigenvalue weighted by atomic mass is 9.64. The molecule has 1 saturated carbocycles. The van der Waals surface area contributed by atoms with Crippen molar-refractivity contribution in [3.63, 3.8) is 0 Å². The predicted molar refractivity (Wildman–Crippen MR) is 94.8 cm³/mol. The van der Waals surface area contributed by atoms with E-state index >= 15 is 0 Å². The smallest absolute Gasteiger partial charge is 0.291 e. The molecule has 1 aromatic carbocycles. The molecule has 0 unspecified atom stereocenters. The van der Waals surface area contributed by atoms with Crippen LogP contribution in [-0.4, -0.2) is 32.0 Å². The molecule has 1 amide bonds. The molecule has 1 N–H and O–H groups in total. The highest BCUT2D eigenvalue weighted by Crippen LogP contribution is 2.43. The largest absolute Gasteiger partial charge is 0.348 e. The number of rotatable bonds is 4. The third-order valence-electron chi connectivity index (χ3n) is 4.99. The Labute approximate surface area is 150 Å². The summed E-state index contributed by atoms with van der Waals surface area (Å²) in [6, 6.07) is 9.72. The van der Waals surface area contributed by atoms with Gasteiger partial charge in [0.2, 0.25) is 5.82 Å². The molecular weight excluding hydrogens is 338 g/mol. The molecule has 3 aromatic rings. The van der Waals surface area contributed by atoms with Crippen LogP contribution in [0.15, 0.2) is 36.5 Å². The summed E-state index contributed by atoms with van der Waals surface area (Å²) in [5.41, 5.74) is 2.07. The Balaban J connectivity index is 1.52. The second-order valence-corrected chi connectivity index (χ2v) is 6.99. The summed E-state index contributed by atoms with van der Waals surface area (Å²) in [6.45, 7) is 2.46. The van der Waals surface area contributed by atoms with Crippen molar-refractivity contribution in [2.45, 2.75) is 31.6 Å². The van der Waals surface area contributed by atoms with Crippen molar-refractivity contribution in [3.05, 3.63) is 58.6 Å². The summed E-state index contributed by atoms with van der Waals surface area (Å²) >= 11 is 5.99. The Hall–Kier alpha value is -2.47. The summed E-state index contributed by atoms with van der Waals surface area (Å²) in [5, 5.41) is 7.97. The highest BCUT2D eigenvalue weighted by atomic mass is 35.5. The van der Waals surface area contributed by atoms with E-state index in [1.807, 2.05) is 37.3 Å². The number of hydrogen-bond donors (Lipinski definition) is 1. The minimum Gasteiger partial charge on any atom is -0.348 e. The zero-order chi connectivity index (χ0) is 17.4. The highest BCUT2D eigenvalue weighted by molar-refractivity contribution is 6.30. The molecule has 0 bridgehead atoms. The first-order valence-electron chi connectivity index (χ1n) is 8.30. The third kappa shape index (κ3) is 2.87. The fourth-order valence-corrected chi connectivity index (χ4v) is 3.43. The predicted octanol–water partition coefficient (Wildman–Crippen LogP) is 2.94. The van der Waals surface area contributed by atoms with Crippen molar-refractivity contribution in [1.29, 1.82) is 0 Å². The summed E-state index contributed by atoms with van der Waals surface area (Å²) in [5.74, 6) is 0.304. The normalized spacial score (nSPS) is 15.8. The van der Waals surface area contributed by atoms with Crippen molar-refractivity contribution in [2.75, 3.05) is 6.54 Å². The quantitative estimate of drug-likeness (QED) is 0.781. The molecule has 25 heavy (non-hydrogen) atoms. The van der Waals surface area contributed by atoms with Gasteiger partial charge in [0.15, 0.2) is 0 Å². The van der Waals surface area contributed by atoms with Crippen molar-refractivity contribution in [3.8, 4) is 0 Å². The lowest BCUT2D eigenvalue weighted by molar-refractivity contribution is 0.0917. The van der Waals surface area contributed by atoms with E-state index < -0.39 is 0 Å². The lowest BCUT2D eigenvalue weighted by Crippen LogP contribution is -2.45. The fraction of sp³-hybridized carbons (Fsp3) is 0.333. The maximum Gasteiger partial charge on any atom is 0.291 e. The standard InChI is InChI=1S/C18H18ClN5O/c1-12-7-10-20-17-22-15(23-24(12)17)16(25)21-11-18(8-2-9-18)13-3-5-14(19)6-4-13/h3-7,10H,2,8-9,11H2,1H3,(H,21,25). The number of hydrogen-bond acceptors (Lipinski definition) is 4. The zero-order valence-electron chi connectivity index (χ0n) is 13.9. The Bertz CT molecular complexity index is 930. The van der Waals surface area contributed by atoms with E-state index in [0.717, 1.165) is 30.0 Å². The van der Waals surface area contributed by atoms with Gasteiger partial charge in [-0.05, 0) is 43.5 Å². The first-order chi connectivity index (χ1) is 12.1. The second kappa shape index (κ2) is 6.11. The average Bonchev–Trinajstić information content (AvgIpc) is 3.01. The molecule has 0 aliphatic heterocycles. The van der Waals surface area contributed by atoms with E-state index in [1.54, 1.807) is 10.7 Å². The van der Waals surface area contributed by atoms with Crippen LogP contribution in [0.3, 0.4) is 0 Å². The SMILES string of the molecule is Cc1ccnc2nc(C(=O)NCC3(c4ccc(Cl)cc4)CCC3)nn12. The van der Waals surface area contributed by atoms with E-state index in [2.05, 4.69) is 20.4 Å². The van der Waals surface area contributed by atoms with Crippen LogP contribution in [0.25, 0.3) is 5.78 Å². The number of fused-ring (bicyclic) bond motifs is 1. The second-order valence-electron chi connectivity index (χ2n) is 6.56. The number of aromatic nitrogens is 4. The topological polar surface area (TPSA) is 72.2 Å². The van der Waals surface area contributed by atoms with E-state index in [9.17, 15) is 4.79 Å². The van der Waals surface area contributed by atoms with Gasteiger partial charge in [0.05, 0.1) is 0 Å². The van der Waals surface area contributed by atoms with Crippen LogP contribution in [0.2, 0.25) is 5.02 Å². The van der Waals surface area contributed by atoms with Gasteiger partial charge in [-0.15, -0.1) is 5.10 Å². The van der Waals surface area contributed by atoms with Crippen molar-refractivity contribution in [1.82, 2.24) is 24.9 Å². The van der Waals surface area contributed by atoms with Crippen LogP contribution in [0.1, 0.15) is 41.1 Å². The van der Waals surface area contributed by atoms with E-state index in [1.165, 1.54) is 5.56 Å². The summed E-state index contributed by atoms with van der Waals surface area (Å²) < 4.78 is 1.58. The van der Waals surface area contributed by atoms with Crippen molar-refractivity contribution in [2.24, 2.45) is 0 Å². The van der Waals surface area contributed by atoms with Gasteiger partial charge in [0.1, 0.15) is 0 Å². The van der Waals surface area contributed by atoms with Gasteiger partial charge in [-0.3, -0.25) is 4.79 Å². The van der Waals surface area contributed by atoms with Gasteiger partial charge >= 0.3 is 0 Å². The van der Waals surface area contributed by atoms with Crippen LogP contribution in [0.4, 0.5) is 0 Å². The fourth-order valence-electron chi connectivity index (χ4n) is 3.31. The van der Waals surface area contributed by atoms with E-state index in [4.69, 9.17) is 11.6 Å². The molecule has 2 heterocycles. The van der Waals surface area contributed by atoms with Gasteiger partial charge in [0.25, 0.3) is 11.7 Å². The Kier molecular flexibility index (Phi) is 3.92. The molecule has 0 spiro atoms. The average molecular weight is 356 g/mol. The first-order valence-corrected chi connectivity index (χ1v) is 8.68. The summed E-state index contributed by atoms with van der Waals surface area (Å²) in [7, 11) is 0. The van der Waals surface area contributed by atoms with E-state index in [0.29, 0.717) is 12.3 Å². The Morgan fingerprint density at radius 1 is 1.28 bits per heavy atom. The van der Waals surface area contributed by atoms with Gasteiger partial charge in [-0.25, -0.2) is 9.50 Å². The number of halogens is 1. The van der Waals surface area contributed by atoms with Crippen LogP contribution in [0.5, 0.6) is 0 Å². The van der Waals surface area contributed by atoms with E-state index in [-0.39, 0.29) is 17.1 Å². The molecule has 128 valence electrons. The Morgan fingerprint density at radius 3 is 2.68 bits per heavy atom. The molecular formula is C18H18ClN5O. The maximum atomic E-state index is 12.5. The highest BCUT2D eigenvalue weighted by Gasteiger charge is 2.39. The zero-order valence-corrected chi connectivity index (χ0v) is 14.6. The number of amides is 1. The van der Waals surface area contributed by atoms with Crippen LogP contribution >= 0.6 is 11.6 Å². The maximum absolute atomic E-state index is 12.5. The van der Waals surface area contributed by atoms with Crippen molar-refractivity contribution < 1.29 is 4.79 Å². The first kappa shape index (κ1) is 16.0. The minimum absolute atomic E-state index is 0.0203. The van der Waals surface area contributed by atoms with Gasteiger partial charge < -0.3 is 5.32 Å². The van der Waals surface area contributed by atoms with Crippen LogP contribution in [0, 0.1) is 6.92 Å². The van der Waals surface area contributed by atoms with Gasteiger partial charge in [0, 0.05) is 28.9 Å². The molecule has 0 radical (unpaired) electrons. The molecule has 6 nitrogen and oxygen atoms in total. The number of aryl methyl sites for hydroxylation is 1. The Morgan fingerprint density at radius 2 is 2.04 bits per heavy atom. The lowest BCUT2D eigenvalue weighted by Gasteiger charge is -2.42. The summed E-state index contributed by atoms with van der Waals surface area (Å²) in [4.78, 5) is 20.8. The molecule has 0 saturated heterocycles. The van der Waals surface area contributed by atoms with Crippen LogP contribution < -0.4 is 5.32 Å². The molecule has 1 aliphatic carbocycles. The molecule has 2 aromatic heterocycles. The van der Waals surface area contributed by atoms with Crippen LogP contribution in [-0.2, 0) is 5.41 Å². The summed E-state index contributed by atoms with van der Waals surface area (Å²) in [6.07, 6.45) is 4.92. The molecule has 1 aliphatic rings. The van der Waals surface area contributed by atoms with Crippen molar-refractivity contribution >= 4 is 23.3 Å². The van der Waals surface area contributed by atoms with Gasteiger partial charge in [-0.1, -0.05) is 30.2 Å². The molecule has 0 atom stereocenters. The minimum atomic E-state index is -0.273. The molecule has 7 heteroatoms.